The van der Waals surface area contributed by atoms with E-state index in [4.69, 9.17) is 16.9 Å². The fourth-order valence-electron chi connectivity index (χ4n) is 1.39. The Morgan fingerprint density at radius 3 is 2.72 bits per heavy atom. The summed E-state index contributed by atoms with van der Waals surface area (Å²) in [7, 11) is 0. The molecule has 92 valence electrons. The second-order valence-electron chi connectivity index (χ2n) is 3.49. The standard InChI is InChI=1S/C12H7Br2ClN2S/c13-10-4-9(18-12(10)14)6-17-8-1-2-11(15)7(3-8)5-16/h1-4,17H,6H2. The molecule has 2 nitrogen and oxygen atoms in total. The van der Waals surface area contributed by atoms with Gasteiger partial charge in [-0.2, -0.15) is 5.26 Å². The van der Waals surface area contributed by atoms with Crippen molar-refractivity contribution >= 4 is 60.5 Å². The molecule has 0 aliphatic heterocycles. The van der Waals surface area contributed by atoms with Crippen molar-refractivity contribution < 1.29 is 0 Å². The SMILES string of the molecule is N#Cc1cc(NCc2cc(Br)c(Br)s2)ccc1Cl. The maximum Gasteiger partial charge on any atom is 0.101 e. The lowest BCUT2D eigenvalue weighted by molar-refractivity contribution is 1.19. The molecule has 0 aliphatic carbocycles. The Bertz CT molecular complexity index is 600. The van der Waals surface area contributed by atoms with Crippen molar-refractivity contribution in [3.8, 4) is 6.07 Å². The van der Waals surface area contributed by atoms with Gasteiger partial charge in [0.25, 0.3) is 0 Å². The molecule has 0 spiro atoms. The molecule has 0 radical (unpaired) electrons. The summed E-state index contributed by atoms with van der Waals surface area (Å²) in [4.78, 5) is 1.20. The van der Waals surface area contributed by atoms with E-state index in [1.807, 2.05) is 6.07 Å². The van der Waals surface area contributed by atoms with Crippen LogP contribution in [0, 0.1) is 11.3 Å². The first kappa shape index (κ1) is 13.9. The zero-order valence-electron chi connectivity index (χ0n) is 9.01. The van der Waals surface area contributed by atoms with Gasteiger partial charge in [-0.15, -0.1) is 11.3 Å². The number of nitrogens with one attached hydrogen (secondary N) is 1. The summed E-state index contributed by atoms with van der Waals surface area (Å²) in [6.07, 6.45) is 0. The van der Waals surface area contributed by atoms with Gasteiger partial charge in [-0.05, 0) is 56.1 Å². The zero-order valence-corrected chi connectivity index (χ0v) is 13.8. The molecule has 1 N–H and O–H groups in total. The van der Waals surface area contributed by atoms with E-state index in [2.05, 4.69) is 49.3 Å². The number of nitrogens with zero attached hydrogens (tertiary/aromatic N) is 1. The monoisotopic (exact) mass is 404 g/mol. The molecule has 0 unspecified atom stereocenters. The van der Waals surface area contributed by atoms with Gasteiger partial charge in [0.05, 0.1) is 14.4 Å². The van der Waals surface area contributed by atoms with Gasteiger partial charge in [0.15, 0.2) is 0 Å². The second kappa shape index (κ2) is 6.07. The minimum Gasteiger partial charge on any atom is -0.380 e. The Morgan fingerprint density at radius 2 is 2.11 bits per heavy atom. The Labute approximate surface area is 131 Å². The number of rotatable bonds is 3. The fraction of sp³-hybridized carbons (Fsp3) is 0.0833. The smallest absolute Gasteiger partial charge is 0.101 e. The first-order valence-electron chi connectivity index (χ1n) is 4.97. The normalized spacial score (nSPS) is 10.1. The van der Waals surface area contributed by atoms with Gasteiger partial charge in [-0.25, -0.2) is 0 Å². The summed E-state index contributed by atoms with van der Waals surface area (Å²) in [5.74, 6) is 0. The third kappa shape index (κ3) is 3.27. The largest absolute Gasteiger partial charge is 0.380 e. The lowest BCUT2D eigenvalue weighted by Crippen LogP contribution is -1.97. The van der Waals surface area contributed by atoms with Gasteiger partial charge in [0, 0.05) is 21.6 Å². The van der Waals surface area contributed by atoms with Crippen LogP contribution in [-0.4, -0.2) is 0 Å². The molecule has 1 aromatic carbocycles. The number of hydrogen-bond acceptors (Lipinski definition) is 3. The molecule has 0 fully saturated rings. The van der Waals surface area contributed by atoms with Crippen molar-refractivity contribution in [1.29, 1.82) is 5.26 Å². The third-order valence-electron chi connectivity index (χ3n) is 2.25. The van der Waals surface area contributed by atoms with E-state index < -0.39 is 0 Å². The highest BCUT2D eigenvalue weighted by Gasteiger charge is 2.05. The van der Waals surface area contributed by atoms with E-state index in [0.29, 0.717) is 17.1 Å². The summed E-state index contributed by atoms with van der Waals surface area (Å²) < 4.78 is 2.13. The maximum absolute atomic E-state index is 8.90. The van der Waals surface area contributed by atoms with E-state index in [1.54, 1.807) is 23.5 Å². The molecule has 0 aliphatic rings. The number of anilines is 1. The molecule has 0 saturated heterocycles. The van der Waals surface area contributed by atoms with Crippen molar-refractivity contribution in [2.24, 2.45) is 0 Å². The quantitative estimate of drug-likeness (QED) is 0.740. The van der Waals surface area contributed by atoms with Crippen LogP contribution in [0.4, 0.5) is 5.69 Å². The molecule has 2 aromatic rings. The topological polar surface area (TPSA) is 35.8 Å². The Kier molecular flexibility index (Phi) is 4.68. The first-order valence-corrected chi connectivity index (χ1v) is 7.75. The molecule has 0 saturated carbocycles. The predicted molar refractivity (Wildman–Crippen MR) is 83.2 cm³/mol. The number of halogens is 3. The number of nitriles is 1. The highest BCUT2D eigenvalue weighted by Crippen LogP contribution is 2.32. The fourth-order valence-corrected chi connectivity index (χ4v) is 3.67. The van der Waals surface area contributed by atoms with Gasteiger partial charge in [0.1, 0.15) is 6.07 Å². The van der Waals surface area contributed by atoms with Gasteiger partial charge < -0.3 is 5.32 Å². The van der Waals surface area contributed by atoms with Crippen LogP contribution in [0.1, 0.15) is 10.4 Å². The number of thiophene rings is 1. The molecule has 1 aromatic heterocycles. The van der Waals surface area contributed by atoms with Crippen LogP contribution >= 0.6 is 54.8 Å². The van der Waals surface area contributed by atoms with Crippen molar-refractivity contribution in [3.05, 3.63) is 48.0 Å². The summed E-state index contributed by atoms with van der Waals surface area (Å²) in [5.41, 5.74) is 1.37. The van der Waals surface area contributed by atoms with Gasteiger partial charge >= 0.3 is 0 Å². The molecular weight excluding hydrogens is 399 g/mol. The maximum atomic E-state index is 8.90. The lowest BCUT2D eigenvalue weighted by Gasteiger charge is -2.05. The number of benzene rings is 1. The van der Waals surface area contributed by atoms with E-state index in [0.717, 1.165) is 13.9 Å². The Hall–Kier alpha value is -0.540. The van der Waals surface area contributed by atoms with E-state index >= 15 is 0 Å². The van der Waals surface area contributed by atoms with Crippen molar-refractivity contribution in [1.82, 2.24) is 0 Å². The summed E-state index contributed by atoms with van der Waals surface area (Å²) in [5, 5.41) is 12.6. The van der Waals surface area contributed by atoms with Crippen molar-refractivity contribution in [2.75, 3.05) is 5.32 Å². The molecule has 0 amide bonds. The number of hydrogen-bond donors (Lipinski definition) is 1. The van der Waals surface area contributed by atoms with Crippen LogP contribution in [0.25, 0.3) is 0 Å². The third-order valence-corrected chi connectivity index (χ3v) is 5.84. The van der Waals surface area contributed by atoms with E-state index in [1.165, 1.54) is 4.88 Å². The molecule has 0 atom stereocenters. The minimum absolute atomic E-state index is 0.477. The predicted octanol–water partition coefficient (Wildman–Crippen LogP) is 5.41. The van der Waals surface area contributed by atoms with Crippen LogP contribution in [-0.2, 0) is 6.54 Å². The lowest BCUT2D eigenvalue weighted by atomic mass is 10.2. The van der Waals surface area contributed by atoms with Gasteiger partial charge in [0.2, 0.25) is 0 Å². The van der Waals surface area contributed by atoms with Crippen LogP contribution in [0.2, 0.25) is 5.02 Å². The van der Waals surface area contributed by atoms with Crippen LogP contribution < -0.4 is 5.32 Å². The van der Waals surface area contributed by atoms with Gasteiger partial charge in [-0.1, -0.05) is 11.6 Å². The van der Waals surface area contributed by atoms with E-state index in [9.17, 15) is 0 Å². The highest BCUT2D eigenvalue weighted by molar-refractivity contribution is 9.13. The molecule has 18 heavy (non-hydrogen) atoms. The average Bonchev–Trinajstić information content (AvgIpc) is 2.68. The summed E-state index contributed by atoms with van der Waals surface area (Å²) >= 11 is 14.4. The molecule has 6 heteroatoms. The Morgan fingerprint density at radius 1 is 1.33 bits per heavy atom. The van der Waals surface area contributed by atoms with Crippen LogP contribution in [0.15, 0.2) is 32.5 Å². The van der Waals surface area contributed by atoms with Crippen molar-refractivity contribution in [2.45, 2.75) is 6.54 Å². The van der Waals surface area contributed by atoms with Crippen LogP contribution in [0.3, 0.4) is 0 Å². The molecule has 2 rings (SSSR count). The Balaban J connectivity index is 2.09. The van der Waals surface area contributed by atoms with E-state index in [-0.39, 0.29) is 0 Å². The minimum atomic E-state index is 0.477. The molecular formula is C12H7Br2ClN2S. The van der Waals surface area contributed by atoms with Crippen LogP contribution in [0.5, 0.6) is 0 Å². The first-order chi connectivity index (χ1) is 8.60. The van der Waals surface area contributed by atoms with Crippen molar-refractivity contribution in [3.63, 3.8) is 0 Å². The summed E-state index contributed by atoms with van der Waals surface area (Å²) in [6, 6.07) is 9.46. The average molecular weight is 407 g/mol. The zero-order chi connectivity index (χ0) is 13.1. The van der Waals surface area contributed by atoms with Gasteiger partial charge in [-0.3, -0.25) is 0 Å². The second-order valence-corrected chi connectivity index (χ2v) is 7.21. The molecule has 1 heterocycles. The highest BCUT2D eigenvalue weighted by atomic mass is 79.9. The summed E-state index contributed by atoms with van der Waals surface area (Å²) in [6.45, 7) is 0.710. The molecule has 0 bridgehead atoms.